The first kappa shape index (κ1) is 17.8. The van der Waals surface area contributed by atoms with Gasteiger partial charge in [0, 0.05) is 20.1 Å². The van der Waals surface area contributed by atoms with Crippen LogP contribution in [-0.4, -0.2) is 44.5 Å². The standard InChI is InChI=1S/C21H25N3O3/c1-14-18(23(2)13-22-14)19(25)24-11-17-10-16(15-6-4-3-5-7-15)8-9-21(17,12-24)20(26)27/h3-7,13,16-17H,8-12H2,1-2H3,(H,26,27)/t16-,17-,21-/m0/s1. The summed E-state index contributed by atoms with van der Waals surface area (Å²) in [6, 6.07) is 10.3. The zero-order valence-electron chi connectivity index (χ0n) is 15.8. The number of aryl methyl sites for hydroxylation is 2. The van der Waals surface area contributed by atoms with Gasteiger partial charge in [0.05, 0.1) is 17.4 Å². The molecule has 1 aliphatic heterocycles. The lowest BCUT2D eigenvalue weighted by Crippen LogP contribution is -2.43. The predicted molar refractivity (Wildman–Crippen MR) is 100 cm³/mol. The van der Waals surface area contributed by atoms with Crippen LogP contribution in [0.4, 0.5) is 0 Å². The highest BCUT2D eigenvalue weighted by atomic mass is 16.4. The summed E-state index contributed by atoms with van der Waals surface area (Å²) in [4.78, 5) is 31.3. The smallest absolute Gasteiger partial charge is 0.311 e. The SMILES string of the molecule is Cc1ncn(C)c1C(=O)N1C[C@@H]2C[C@@H](c3ccccc3)CC[C@]2(C(=O)O)C1. The second-order valence-corrected chi connectivity index (χ2v) is 8.02. The van der Waals surface area contributed by atoms with Crippen molar-refractivity contribution in [2.45, 2.75) is 32.1 Å². The number of benzene rings is 1. The minimum Gasteiger partial charge on any atom is -0.481 e. The summed E-state index contributed by atoms with van der Waals surface area (Å²) < 4.78 is 1.72. The minimum atomic E-state index is -0.826. The van der Waals surface area contributed by atoms with E-state index in [9.17, 15) is 14.7 Å². The molecule has 6 heteroatoms. The van der Waals surface area contributed by atoms with Crippen molar-refractivity contribution in [1.29, 1.82) is 0 Å². The first-order chi connectivity index (χ1) is 12.9. The number of imidazole rings is 1. The molecule has 6 nitrogen and oxygen atoms in total. The van der Waals surface area contributed by atoms with Gasteiger partial charge < -0.3 is 14.6 Å². The van der Waals surface area contributed by atoms with Crippen LogP contribution in [-0.2, 0) is 11.8 Å². The molecule has 2 aliphatic rings. The fraction of sp³-hybridized carbons (Fsp3) is 0.476. The Hall–Kier alpha value is -2.63. The number of hydrogen-bond donors (Lipinski definition) is 1. The predicted octanol–water partition coefficient (Wildman–Crippen LogP) is 2.84. The van der Waals surface area contributed by atoms with Gasteiger partial charge in [0.15, 0.2) is 0 Å². The molecule has 4 rings (SSSR count). The number of aliphatic carboxylic acids is 1. The minimum absolute atomic E-state index is 0.0218. The number of carboxylic acids is 1. The number of carbonyl (C=O) groups is 2. The van der Waals surface area contributed by atoms with Crippen molar-refractivity contribution in [2.75, 3.05) is 13.1 Å². The van der Waals surface area contributed by atoms with Crippen molar-refractivity contribution in [3.05, 3.63) is 53.6 Å². The molecule has 142 valence electrons. The number of aromatic nitrogens is 2. The molecule has 1 saturated heterocycles. The summed E-state index contributed by atoms with van der Waals surface area (Å²) in [6.45, 7) is 2.60. The van der Waals surface area contributed by atoms with Crippen molar-refractivity contribution in [3.63, 3.8) is 0 Å². The summed E-state index contributed by atoms with van der Waals surface area (Å²) in [6.07, 6.45) is 3.90. The summed E-state index contributed by atoms with van der Waals surface area (Å²) in [5, 5.41) is 10.0. The molecule has 1 aromatic carbocycles. The lowest BCUT2D eigenvalue weighted by atomic mass is 9.64. The lowest BCUT2D eigenvalue weighted by molar-refractivity contribution is -0.152. The molecule has 1 amide bonds. The molecule has 0 unspecified atom stereocenters. The van der Waals surface area contributed by atoms with Gasteiger partial charge in [-0.05, 0) is 43.6 Å². The summed E-state index contributed by atoms with van der Waals surface area (Å²) in [5.41, 5.74) is 1.68. The van der Waals surface area contributed by atoms with Crippen molar-refractivity contribution in [2.24, 2.45) is 18.4 Å². The van der Waals surface area contributed by atoms with Crippen LogP contribution in [0.3, 0.4) is 0 Å². The Bertz CT molecular complexity index is 857. The van der Waals surface area contributed by atoms with E-state index in [0.717, 1.165) is 12.8 Å². The number of likely N-dealkylation sites (tertiary alicyclic amines) is 1. The van der Waals surface area contributed by atoms with E-state index in [2.05, 4.69) is 17.1 Å². The van der Waals surface area contributed by atoms with Gasteiger partial charge in [-0.25, -0.2) is 4.98 Å². The van der Waals surface area contributed by atoms with Crippen LogP contribution < -0.4 is 0 Å². The highest BCUT2D eigenvalue weighted by Crippen LogP contribution is 2.51. The van der Waals surface area contributed by atoms with E-state index in [1.54, 1.807) is 22.8 Å². The number of carboxylic acid groups (broad SMARTS) is 1. The van der Waals surface area contributed by atoms with Crippen molar-refractivity contribution < 1.29 is 14.7 Å². The third-order valence-corrected chi connectivity index (χ3v) is 6.51. The number of fused-ring (bicyclic) bond motifs is 1. The largest absolute Gasteiger partial charge is 0.481 e. The highest BCUT2D eigenvalue weighted by molar-refractivity contribution is 5.94. The van der Waals surface area contributed by atoms with Crippen molar-refractivity contribution in [3.8, 4) is 0 Å². The molecular formula is C21H25N3O3. The molecule has 2 fully saturated rings. The van der Waals surface area contributed by atoms with E-state index in [0.29, 0.717) is 30.3 Å². The molecule has 1 aliphatic carbocycles. The van der Waals surface area contributed by atoms with Gasteiger partial charge in [0.1, 0.15) is 5.69 Å². The lowest BCUT2D eigenvalue weighted by Gasteiger charge is -2.38. The Labute approximate surface area is 158 Å². The van der Waals surface area contributed by atoms with Crippen LogP contribution in [0.25, 0.3) is 0 Å². The molecule has 1 aromatic heterocycles. The van der Waals surface area contributed by atoms with Crippen LogP contribution in [0, 0.1) is 18.3 Å². The van der Waals surface area contributed by atoms with E-state index >= 15 is 0 Å². The van der Waals surface area contributed by atoms with E-state index < -0.39 is 11.4 Å². The second-order valence-electron chi connectivity index (χ2n) is 8.02. The van der Waals surface area contributed by atoms with Crippen LogP contribution in [0.5, 0.6) is 0 Å². The van der Waals surface area contributed by atoms with E-state index in [4.69, 9.17) is 0 Å². The number of hydrogen-bond acceptors (Lipinski definition) is 3. The fourth-order valence-corrected chi connectivity index (χ4v) is 4.99. The van der Waals surface area contributed by atoms with Crippen LogP contribution in [0.1, 0.15) is 46.9 Å². The Morgan fingerprint density at radius 3 is 2.63 bits per heavy atom. The number of carbonyl (C=O) groups excluding carboxylic acids is 1. The van der Waals surface area contributed by atoms with Crippen molar-refractivity contribution in [1.82, 2.24) is 14.5 Å². The molecule has 0 spiro atoms. The van der Waals surface area contributed by atoms with Gasteiger partial charge in [-0.1, -0.05) is 30.3 Å². The van der Waals surface area contributed by atoms with E-state index in [1.165, 1.54) is 5.56 Å². The third-order valence-electron chi connectivity index (χ3n) is 6.51. The third kappa shape index (κ3) is 2.83. The molecule has 0 radical (unpaired) electrons. The summed E-state index contributed by atoms with van der Waals surface area (Å²) >= 11 is 0. The zero-order chi connectivity index (χ0) is 19.2. The maximum absolute atomic E-state index is 13.1. The number of rotatable bonds is 3. The van der Waals surface area contributed by atoms with Crippen LogP contribution in [0.2, 0.25) is 0 Å². The van der Waals surface area contributed by atoms with Crippen LogP contribution in [0.15, 0.2) is 36.7 Å². The van der Waals surface area contributed by atoms with Gasteiger partial charge in [-0.2, -0.15) is 0 Å². The Balaban J connectivity index is 1.60. The maximum Gasteiger partial charge on any atom is 0.311 e. The normalized spacial score (nSPS) is 27.4. The van der Waals surface area contributed by atoms with Crippen molar-refractivity contribution >= 4 is 11.9 Å². The second kappa shape index (κ2) is 6.51. The highest BCUT2D eigenvalue weighted by Gasteiger charge is 2.56. The number of nitrogens with zero attached hydrogens (tertiary/aromatic N) is 3. The monoisotopic (exact) mass is 367 g/mol. The molecule has 0 bridgehead atoms. The average molecular weight is 367 g/mol. The fourth-order valence-electron chi connectivity index (χ4n) is 4.99. The molecule has 27 heavy (non-hydrogen) atoms. The van der Waals surface area contributed by atoms with E-state index in [-0.39, 0.29) is 18.4 Å². The first-order valence-corrected chi connectivity index (χ1v) is 9.48. The Morgan fingerprint density at radius 1 is 1.26 bits per heavy atom. The number of amides is 1. The quantitative estimate of drug-likeness (QED) is 0.905. The zero-order valence-corrected chi connectivity index (χ0v) is 15.8. The maximum atomic E-state index is 13.1. The van der Waals surface area contributed by atoms with E-state index in [1.807, 2.05) is 25.1 Å². The molecule has 1 N–H and O–H groups in total. The van der Waals surface area contributed by atoms with Crippen LogP contribution >= 0.6 is 0 Å². The first-order valence-electron chi connectivity index (χ1n) is 9.48. The average Bonchev–Trinajstić information content (AvgIpc) is 3.22. The molecule has 1 saturated carbocycles. The van der Waals surface area contributed by atoms with Gasteiger partial charge in [0.25, 0.3) is 5.91 Å². The van der Waals surface area contributed by atoms with Gasteiger partial charge in [-0.3, -0.25) is 9.59 Å². The van der Waals surface area contributed by atoms with Gasteiger partial charge in [-0.15, -0.1) is 0 Å². The molecule has 3 atom stereocenters. The Kier molecular flexibility index (Phi) is 4.29. The van der Waals surface area contributed by atoms with Gasteiger partial charge >= 0.3 is 5.97 Å². The summed E-state index contributed by atoms with van der Waals surface area (Å²) in [7, 11) is 1.80. The molecule has 2 heterocycles. The summed E-state index contributed by atoms with van der Waals surface area (Å²) in [5.74, 6) is -0.543. The molecular weight excluding hydrogens is 342 g/mol. The molecule has 2 aromatic rings. The topological polar surface area (TPSA) is 75.4 Å². The van der Waals surface area contributed by atoms with Gasteiger partial charge in [0.2, 0.25) is 0 Å². The Morgan fingerprint density at radius 2 is 2.00 bits per heavy atom.